The van der Waals surface area contributed by atoms with Gasteiger partial charge in [-0.3, -0.25) is 4.98 Å². The molecule has 2 nitrogen and oxygen atoms in total. The number of fused-ring (bicyclic) bond motifs is 6. The first-order valence-electron chi connectivity index (χ1n) is 12.1. The lowest BCUT2D eigenvalue weighted by molar-refractivity contribution is 0.501. The number of hydrogen-bond donors (Lipinski definition) is 0. The number of furan rings is 1. The molecule has 6 aromatic rings. The van der Waals surface area contributed by atoms with Crippen LogP contribution in [-0.4, -0.2) is 4.98 Å². The summed E-state index contributed by atoms with van der Waals surface area (Å²) in [7, 11) is 0. The van der Waals surface area contributed by atoms with E-state index in [1.165, 1.54) is 47.5 Å². The van der Waals surface area contributed by atoms with E-state index >= 15 is 0 Å². The van der Waals surface area contributed by atoms with Crippen molar-refractivity contribution in [3.8, 4) is 11.3 Å². The van der Waals surface area contributed by atoms with Gasteiger partial charge < -0.3 is 4.42 Å². The van der Waals surface area contributed by atoms with Crippen molar-refractivity contribution in [3.63, 3.8) is 0 Å². The van der Waals surface area contributed by atoms with E-state index in [1.54, 1.807) is 0 Å². The van der Waals surface area contributed by atoms with Crippen molar-refractivity contribution in [2.75, 3.05) is 0 Å². The summed E-state index contributed by atoms with van der Waals surface area (Å²) < 4.78 is 8.82. The molecule has 0 spiro atoms. The summed E-state index contributed by atoms with van der Waals surface area (Å²) in [5.74, 6) is 1.64. The summed E-state index contributed by atoms with van der Waals surface area (Å²) in [4.78, 5) is 4.91. The average Bonchev–Trinajstić information content (AvgIpc) is 3.37. The maximum absolute atomic E-state index is 6.38. The van der Waals surface area contributed by atoms with Crippen molar-refractivity contribution in [2.24, 2.45) is 5.92 Å². The maximum Gasteiger partial charge on any atom is 0.152 e. The quantitative estimate of drug-likeness (QED) is 0.261. The summed E-state index contributed by atoms with van der Waals surface area (Å²) in [6.07, 6.45) is 2.91. The van der Waals surface area contributed by atoms with E-state index in [9.17, 15) is 0 Å². The molecule has 0 saturated heterocycles. The highest BCUT2D eigenvalue weighted by atomic mass is 32.1. The van der Waals surface area contributed by atoms with Gasteiger partial charge in [-0.2, -0.15) is 0 Å². The Morgan fingerprint density at radius 1 is 0.853 bits per heavy atom. The highest BCUT2D eigenvalue weighted by Gasteiger charge is 2.21. The summed E-state index contributed by atoms with van der Waals surface area (Å²) in [6, 6.07) is 22.1. The van der Waals surface area contributed by atoms with E-state index in [-0.39, 0.29) is 5.41 Å². The van der Waals surface area contributed by atoms with Crippen molar-refractivity contribution in [1.82, 2.24) is 4.98 Å². The number of rotatable bonds is 3. The van der Waals surface area contributed by atoms with E-state index < -0.39 is 0 Å². The zero-order valence-corrected chi connectivity index (χ0v) is 21.2. The van der Waals surface area contributed by atoms with Crippen LogP contribution in [0.4, 0.5) is 0 Å². The molecule has 0 fully saturated rings. The first kappa shape index (κ1) is 21.4. The topological polar surface area (TPSA) is 26.0 Å². The lowest BCUT2D eigenvalue weighted by Crippen LogP contribution is -2.12. The van der Waals surface area contributed by atoms with Crippen LogP contribution in [0.2, 0.25) is 0 Å². The maximum atomic E-state index is 6.38. The van der Waals surface area contributed by atoms with E-state index in [4.69, 9.17) is 9.40 Å². The largest absolute Gasteiger partial charge is 0.460 e. The monoisotopic (exact) mass is 463 g/mol. The number of pyridine rings is 1. The molecule has 0 radical (unpaired) electrons. The standard InChI is InChI=1S/C31H29NOS/c1-18(2)14-22-16-20-10-11-24-25-12-13-32-27(29(25)34-30(24)28(20)33-22)21-15-19-8-6-7-9-23(19)26(17-21)31(3,4)5/h6-13,15-18H,14H2,1-5H3. The molecule has 0 aliphatic carbocycles. The highest BCUT2D eigenvalue weighted by Crippen LogP contribution is 2.44. The molecule has 3 aromatic carbocycles. The van der Waals surface area contributed by atoms with Gasteiger partial charge in [-0.15, -0.1) is 11.3 Å². The first-order valence-corrected chi connectivity index (χ1v) is 12.9. The van der Waals surface area contributed by atoms with Crippen molar-refractivity contribution < 1.29 is 4.42 Å². The Balaban J connectivity index is 1.63. The Bertz CT molecular complexity index is 1690. The molecule has 0 aliphatic rings. The molecule has 0 aliphatic heterocycles. The fourth-order valence-corrected chi connectivity index (χ4v) is 6.39. The van der Waals surface area contributed by atoms with Gasteiger partial charge in [0.05, 0.1) is 15.1 Å². The molecular weight excluding hydrogens is 434 g/mol. The first-order chi connectivity index (χ1) is 16.3. The smallest absolute Gasteiger partial charge is 0.152 e. The van der Waals surface area contributed by atoms with Crippen LogP contribution in [0, 0.1) is 5.92 Å². The molecule has 0 amide bonds. The zero-order chi connectivity index (χ0) is 23.6. The second-order valence-corrected chi connectivity index (χ2v) is 11.8. The normalized spacial score (nSPS) is 12.6. The summed E-state index contributed by atoms with van der Waals surface area (Å²) in [5, 5.41) is 6.26. The van der Waals surface area contributed by atoms with Crippen molar-refractivity contribution >= 4 is 53.3 Å². The van der Waals surface area contributed by atoms with E-state index in [0.29, 0.717) is 5.92 Å². The van der Waals surface area contributed by atoms with Gasteiger partial charge in [-0.25, -0.2) is 0 Å². The third-order valence-corrected chi connectivity index (χ3v) is 7.87. The fraction of sp³-hybridized carbons (Fsp3) is 0.258. The van der Waals surface area contributed by atoms with E-state index in [1.807, 2.05) is 17.5 Å². The molecule has 34 heavy (non-hydrogen) atoms. The van der Waals surface area contributed by atoms with Gasteiger partial charge in [0.1, 0.15) is 5.76 Å². The number of benzene rings is 3. The Morgan fingerprint density at radius 3 is 2.44 bits per heavy atom. The van der Waals surface area contributed by atoms with Crippen LogP contribution in [0.15, 0.2) is 71.3 Å². The van der Waals surface area contributed by atoms with Crippen LogP contribution < -0.4 is 0 Å². The lowest BCUT2D eigenvalue weighted by atomic mass is 9.82. The second-order valence-electron chi connectivity index (χ2n) is 10.8. The van der Waals surface area contributed by atoms with Crippen LogP contribution in [0.1, 0.15) is 45.9 Å². The average molecular weight is 464 g/mol. The molecule has 170 valence electrons. The van der Waals surface area contributed by atoms with Crippen LogP contribution in [0.3, 0.4) is 0 Å². The summed E-state index contributed by atoms with van der Waals surface area (Å²) >= 11 is 1.81. The number of thiophene rings is 1. The predicted molar refractivity (Wildman–Crippen MR) is 147 cm³/mol. The Labute approximate surface area is 204 Å². The molecule has 0 bridgehead atoms. The van der Waals surface area contributed by atoms with E-state index in [2.05, 4.69) is 95.3 Å². The zero-order valence-electron chi connectivity index (χ0n) is 20.4. The Morgan fingerprint density at radius 2 is 1.65 bits per heavy atom. The van der Waals surface area contributed by atoms with Crippen molar-refractivity contribution in [3.05, 3.63) is 78.2 Å². The molecule has 0 atom stereocenters. The van der Waals surface area contributed by atoms with E-state index in [0.717, 1.165) is 23.5 Å². The second kappa shape index (κ2) is 7.68. The Kier molecular flexibility index (Phi) is 4.82. The van der Waals surface area contributed by atoms with Crippen LogP contribution in [0.5, 0.6) is 0 Å². The minimum absolute atomic E-state index is 0.0385. The molecule has 0 unspecified atom stereocenters. The minimum atomic E-state index is 0.0385. The molecule has 6 rings (SSSR count). The molecule has 0 N–H and O–H groups in total. The fourth-order valence-electron chi connectivity index (χ4n) is 5.09. The Hall–Kier alpha value is -3.17. The number of nitrogens with zero attached hydrogens (tertiary/aromatic N) is 1. The van der Waals surface area contributed by atoms with Crippen molar-refractivity contribution in [2.45, 2.75) is 46.5 Å². The van der Waals surface area contributed by atoms with Gasteiger partial charge in [0.25, 0.3) is 0 Å². The van der Waals surface area contributed by atoms with Gasteiger partial charge in [0, 0.05) is 34.3 Å². The number of hydrogen-bond acceptors (Lipinski definition) is 3. The molecular formula is C31H29NOS. The summed E-state index contributed by atoms with van der Waals surface area (Å²) in [6.45, 7) is 11.3. The van der Waals surface area contributed by atoms with Crippen LogP contribution in [-0.2, 0) is 11.8 Å². The third kappa shape index (κ3) is 3.42. The van der Waals surface area contributed by atoms with Gasteiger partial charge in [-0.1, -0.05) is 71.0 Å². The van der Waals surface area contributed by atoms with Crippen molar-refractivity contribution in [1.29, 1.82) is 0 Å². The number of aromatic nitrogens is 1. The minimum Gasteiger partial charge on any atom is -0.460 e. The van der Waals surface area contributed by atoms with Crippen LogP contribution >= 0.6 is 11.3 Å². The van der Waals surface area contributed by atoms with Gasteiger partial charge >= 0.3 is 0 Å². The highest BCUT2D eigenvalue weighted by molar-refractivity contribution is 7.27. The molecule has 3 aromatic heterocycles. The summed E-state index contributed by atoms with van der Waals surface area (Å²) in [5.41, 5.74) is 4.63. The van der Waals surface area contributed by atoms with Gasteiger partial charge in [0.2, 0.25) is 0 Å². The molecule has 0 saturated carbocycles. The third-order valence-electron chi connectivity index (χ3n) is 6.64. The molecule has 3 heteroatoms. The predicted octanol–water partition coefficient (Wildman–Crippen LogP) is 9.51. The van der Waals surface area contributed by atoms with Crippen LogP contribution in [0.25, 0.3) is 53.2 Å². The SMILES string of the molecule is CC(C)Cc1cc2ccc3c4ccnc(-c5cc(C(C)(C)C)c6ccccc6c5)c4sc3c2o1. The molecule has 3 heterocycles. The van der Waals surface area contributed by atoms with Gasteiger partial charge in [-0.05, 0) is 51.9 Å². The lowest BCUT2D eigenvalue weighted by Gasteiger charge is -2.22. The van der Waals surface area contributed by atoms with Gasteiger partial charge in [0.15, 0.2) is 5.58 Å².